The van der Waals surface area contributed by atoms with Gasteiger partial charge in [-0.1, -0.05) is 6.07 Å². The van der Waals surface area contributed by atoms with Crippen LogP contribution in [0.1, 0.15) is 15.9 Å². The van der Waals surface area contributed by atoms with Gasteiger partial charge in [-0.25, -0.2) is 4.79 Å². The number of anilines is 2. The van der Waals surface area contributed by atoms with Crippen molar-refractivity contribution < 1.29 is 19.4 Å². The van der Waals surface area contributed by atoms with E-state index < -0.39 is 17.6 Å². The first kappa shape index (κ1) is 18.5. The van der Waals surface area contributed by atoms with E-state index in [1.165, 1.54) is 19.2 Å². The summed E-state index contributed by atoms with van der Waals surface area (Å²) in [6, 6.07) is 12.7. The molecule has 0 aliphatic heterocycles. The van der Waals surface area contributed by atoms with Gasteiger partial charge >= 0.3 is 5.97 Å². The minimum absolute atomic E-state index is 0.0643. The standard InChI is InChI=1S/C18H16N4O4/c1-11-3-4-12(18(24)25)9-15(11)21-22-16(10-19)17(23)20-13-5-7-14(26-2)8-6-13/h3-9,21H,1-2H3,(H,20,23)(H,24,25)/b22-16-. The van der Waals surface area contributed by atoms with E-state index in [1.807, 2.05) is 0 Å². The van der Waals surface area contributed by atoms with Crippen molar-refractivity contribution >= 4 is 29.0 Å². The Labute approximate surface area is 149 Å². The molecule has 8 nitrogen and oxygen atoms in total. The van der Waals surface area contributed by atoms with Crippen LogP contribution in [-0.4, -0.2) is 29.8 Å². The Morgan fingerprint density at radius 1 is 1.19 bits per heavy atom. The third-order valence-electron chi connectivity index (χ3n) is 3.44. The van der Waals surface area contributed by atoms with E-state index in [0.29, 0.717) is 22.7 Å². The van der Waals surface area contributed by atoms with Gasteiger partial charge in [0.05, 0.1) is 18.4 Å². The topological polar surface area (TPSA) is 124 Å². The highest BCUT2D eigenvalue weighted by Crippen LogP contribution is 2.17. The molecule has 0 spiro atoms. The Bertz CT molecular complexity index is 898. The fourth-order valence-corrected chi connectivity index (χ4v) is 1.98. The molecular weight excluding hydrogens is 336 g/mol. The quantitative estimate of drug-likeness (QED) is 0.542. The van der Waals surface area contributed by atoms with Crippen LogP contribution in [0, 0.1) is 18.3 Å². The summed E-state index contributed by atoms with van der Waals surface area (Å²) < 4.78 is 5.03. The molecule has 0 fully saturated rings. The van der Waals surface area contributed by atoms with Crippen molar-refractivity contribution in [1.29, 1.82) is 5.26 Å². The predicted octanol–water partition coefficient (Wildman–Crippen LogP) is 2.63. The van der Waals surface area contributed by atoms with Gasteiger partial charge in [0.15, 0.2) is 0 Å². The van der Waals surface area contributed by atoms with Crippen LogP contribution < -0.4 is 15.5 Å². The van der Waals surface area contributed by atoms with Crippen molar-refractivity contribution in [2.45, 2.75) is 6.92 Å². The molecule has 2 rings (SSSR count). The number of carbonyl (C=O) groups is 2. The average Bonchev–Trinajstić information content (AvgIpc) is 2.64. The Kier molecular flexibility index (Phi) is 5.90. The number of carboxylic acid groups (broad SMARTS) is 1. The number of hydrazone groups is 1. The maximum absolute atomic E-state index is 12.1. The zero-order chi connectivity index (χ0) is 19.1. The Morgan fingerprint density at radius 3 is 2.46 bits per heavy atom. The summed E-state index contributed by atoms with van der Waals surface area (Å²) in [5.41, 5.74) is 3.80. The van der Waals surface area contributed by atoms with E-state index in [4.69, 9.17) is 15.1 Å². The number of carboxylic acids is 1. The predicted molar refractivity (Wildman–Crippen MR) is 96.4 cm³/mol. The Balaban J connectivity index is 2.14. The molecule has 2 aromatic rings. The number of amides is 1. The molecule has 0 bridgehead atoms. The second-order valence-corrected chi connectivity index (χ2v) is 5.20. The number of methoxy groups -OCH3 is 1. The molecule has 0 heterocycles. The van der Waals surface area contributed by atoms with E-state index in [-0.39, 0.29) is 5.56 Å². The molecule has 8 heteroatoms. The highest BCUT2D eigenvalue weighted by atomic mass is 16.5. The van der Waals surface area contributed by atoms with Crippen LogP contribution in [0.2, 0.25) is 0 Å². The zero-order valence-electron chi connectivity index (χ0n) is 14.1. The highest BCUT2D eigenvalue weighted by molar-refractivity contribution is 6.48. The number of ether oxygens (including phenoxy) is 1. The Morgan fingerprint density at radius 2 is 1.88 bits per heavy atom. The number of aromatic carboxylic acids is 1. The molecule has 0 saturated heterocycles. The van der Waals surface area contributed by atoms with Crippen LogP contribution in [0.25, 0.3) is 0 Å². The molecule has 0 aliphatic rings. The van der Waals surface area contributed by atoms with Crippen molar-refractivity contribution in [3.05, 3.63) is 53.6 Å². The zero-order valence-corrected chi connectivity index (χ0v) is 14.1. The number of hydrogen-bond acceptors (Lipinski definition) is 6. The first-order valence-corrected chi connectivity index (χ1v) is 7.47. The van der Waals surface area contributed by atoms with Gasteiger partial charge in [-0.15, -0.1) is 0 Å². The normalized spacial score (nSPS) is 10.6. The molecule has 0 saturated carbocycles. The fourth-order valence-electron chi connectivity index (χ4n) is 1.98. The van der Waals surface area contributed by atoms with E-state index in [0.717, 1.165) is 0 Å². The summed E-state index contributed by atoms with van der Waals surface area (Å²) in [5, 5.41) is 24.5. The Hall–Kier alpha value is -3.86. The maximum Gasteiger partial charge on any atom is 0.335 e. The lowest BCUT2D eigenvalue weighted by Gasteiger charge is -2.08. The second kappa shape index (κ2) is 8.30. The van der Waals surface area contributed by atoms with Crippen LogP contribution in [0.4, 0.5) is 11.4 Å². The van der Waals surface area contributed by atoms with E-state index in [9.17, 15) is 9.59 Å². The summed E-state index contributed by atoms with van der Waals surface area (Å²) >= 11 is 0. The van der Waals surface area contributed by atoms with Gasteiger partial charge in [0, 0.05) is 5.69 Å². The van der Waals surface area contributed by atoms with E-state index in [1.54, 1.807) is 43.3 Å². The molecule has 132 valence electrons. The molecule has 0 aromatic heterocycles. The highest BCUT2D eigenvalue weighted by Gasteiger charge is 2.12. The van der Waals surface area contributed by atoms with Crippen LogP contribution in [-0.2, 0) is 4.79 Å². The number of nitriles is 1. The SMILES string of the molecule is COc1ccc(NC(=O)/C(C#N)=N\Nc2cc(C(=O)O)ccc2C)cc1. The maximum atomic E-state index is 12.1. The number of nitrogens with one attached hydrogen (secondary N) is 2. The minimum atomic E-state index is -1.09. The van der Waals surface area contributed by atoms with Gasteiger partial charge in [0.1, 0.15) is 11.8 Å². The molecule has 0 radical (unpaired) electrons. The third kappa shape index (κ3) is 4.58. The number of carbonyl (C=O) groups excluding carboxylic acids is 1. The lowest BCUT2D eigenvalue weighted by atomic mass is 10.1. The van der Waals surface area contributed by atoms with Gasteiger partial charge in [0.25, 0.3) is 5.91 Å². The van der Waals surface area contributed by atoms with Crippen LogP contribution in [0.5, 0.6) is 5.75 Å². The van der Waals surface area contributed by atoms with E-state index in [2.05, 4.69) is 15.8 Å². The first-order valence-electron chi connectivity index (χ1n) is 7.47. The lowest BCUT2D eigenvalue weighted by molar-refractivity contribution is -0.110. The molecule has 0 aliphatic carbocycles. The molecule has 3 N–H and O–H groups in total. The van der Waals surface area contributed by atoms with Gasteiger partial charge in [-0.3, -0.25) is 10.2 Å². The van der Waals surface area contributed by atoms with Crippen LogP contribution >= 0.6 is 0 Å². The van der Waals surface area contributed by atoms with Gasteiger partial charge < -0.3 is 15.2 Å². The van der Waals surface area contributed by atoms with Gasteiger partial charge in [0.2, 0.25) is 5.71 Å². The van der Waals surface area contributed by atoms with E-state index >= 15 is 0 Å². The van der Waals surface area contributed by atoms with Crippen molar-refractivity contribution in [2.24, 2.45) is 5.10 Å². The smallest absolute Gasteiger partial charge is 0.335 e. The fraction of sp³-hybridized carbons (Fsp3) is 0.111. The minimum Gasteiger partial charge on any atom is -0.497 e. The summed E-state index contributed by atoms with van der Waals surface area (Å²) in [6.45, 7) is 1.74. The molecule has 0 unspecified atom stereocenters. The molecule has 26 heavy (non-hydrogen) atoms. The van der Waals surface area contributed by atoms with Crippen molar-refractivity contribution in [3.63, 3.8) is 0 Å². The van der Waals surface area contributed by atoms with Crippen molar-refractivity contribution in [3.8, 4) is 11.8 Å². The van der Waals surface area contributed by atoms with Crippen LogP contribution in [0.15, 0.2) is 47.6 Å². The molecule has 0 atom stereocenters. The van der Waals surface area contributed by atoms with Gasteiger partial charge in [-0.05, 0) is 48.9 Å². The molecule has 2 aromatic carbocycles. The average molecular weight is 352 g/mol. The number of rotatable bonds is 6. The second-order valence-electron chi connectivity index (χ2n) is 5.20. The first-order chi connectivity index (χ1) is 12.4. The largest absolute Gasteiger partial charge is 0.497 e. The summed E-state index contributed by atoms with van der Waals surface area (Å²) in [5.74, 6) is -1.15. The summed E-state index contributed by atoms with van der Waals surface area (Å²) in [7, 11) is 1.53. The monoisotopic (exact) mass is 352 g/mol. The lowest BCUT2D eigenvalue weighted by Crippen LogP contribution is -2.22. The number of hydrogen-bond donors (Lipinski definition) is 3. The summed E-state index contributed by atoms with van der Waals surface area (Å²) in [6.07, 6.45) is 0. The number of nitrogens with zero attached hydrogens (tertiary/aromatic N) is 2. The summed E-state index contributed by atoms with van der Waals surface area (Å²) in [4.78, 5) is 23.2. The van der Waals surface area contributed by atoms with Crippen molar-refractivity contribution in [2.75, 3.05) is 17.9 Å². The van der Waals surface area contributed by atoms with Crippen molar-refractivity contribution in [1.82, 2.24) is 0 Å². The van der Waals surface area contributed by atoms with Gasteiger partial charge in [-0.2, -0.15) is 10.4 Å². The third-order valence-corrected chi connectivity index (χ3v) is 3.44. The number of aryl methyl sites for hydroxylation is 1. The molecular formula is C18H16N4O4. The molecule has 1 amide bonds. The number of benzene rings is 2. The van der Waals surface area contributed by atoms with Crippen LogP contribution in [0.3, 0.4) is 0 Å².